The molecule has 0 saturated heterocycles. The number of aromatic nitrogens is 4. The molecule has 6 heteroatoms. The van der Waals surface area contributed by atoms with E-state index in [0.717, 1.165) is 66.8 Å². The van der Waals surface area contributed by atoms with Gasteiger partial charge in [-0.25, -0.2) is 0 Å². The second kappa shape index (κ2) is 21.7. The fourth-order valence-corrected chi connectivity index (χ4v) is 11.6. The first kappa shape index (κ1) is 53.1. The molecule has 0 N–H and O–H groups in total. The predicted octanol–water partition coefficient (Wildman–Crippen LogP) is 20.5. The van der Waals surface area contributed by atoms with E-state index < -0.39 is 0 Å². The van der Waals surface area contributed by atoms with E-state index in [1.165, 1.54) is 71.9 Å². The summed E-state index contributed by atoms with van der Waals surface area (Å²) in [5.74, 6) is 3.61. The summed E-state index contributed by atoms with van der Waals surface area (Å²) in [5, 5.41) is 7.13. The van der Waals surface area contributed by atoms with Crippen molar-refractivity contribution in [2.24, 2.45) is 0 Å². The number of fused-ring (bicyclic) bond motifs is 8. The average molecular weight is 1210 g/mol. The van der Waals surface area contributed by atoms with Gasteiger partial charge in [-0.2, -0.15) is 0 Å². The van der Waals surface area contributed by atoms with Crippen molar-refractivity contribution >= 4 is 65.6 Å². The van der Waals surface area contributed by atoms with Gasteiger partial charge in [0.15, 0.2) is 0 Å². The predicted molar refractivity (Wildman–Crippen MR) is 329 cm³/mol. The fourth-order valence-electron chi connectivity index (χ4n) is 11.6. The van der Waals surface area contributed by atoms with Crippen molar-refractivity contribution < 1.29 is 24.5 Å². The Labute approximate surface area is 478 Å². The number of imidazole rings is 2. The monoisotopic (exact) mass is 1210 g/mol. The van der Waals surface area contributed by atoms with Gasteiger partial charge in [-0.3, -0.25) is 9.97 Å². The van der Waals surface area contributed by atoms with Crippen molar-refractivity contribution in [1.29, 1.82) is 0 Å². The molecule has 0 saturated carbocycles. The zero-order valence-corrected chi connectivity index (χ0v) is 49.2. The Morgan fingerprint density at radius 3 is 1.63 bits per heavy atom. The minimum absolute atomic E-state index is 0. The molecule has 13 aromatic rings. The van der Waals surface area contributed by atoms with Crippen LogP contribution in [0.2, 0.25) is 0 Å². The third kappa shape index (κ3) is 9.59. The number of furan rings is 1. The smallest absolute Gasteiger partial charge is 0.121 e. The molecule has 0 amide bonds. The number of benzene rings is 10. The van der Waals surface area contributed by atoms with E-state index in [9.17, 15) is 0 Å². The summed E-state index contributed by atoms with van der Waals surface area (Å²) in [6.45, 7) is 22.7. The van der Waals surface area contributed by atoms with E-state index in [-0.39, 0.29) is 20.1 Å². The van der Waals surface area contributed by atoms with Crippen molar-refractivity contribution in [3.63, 3.8) is 0 Å². The number of rotatable bonds is 10. The molecule has 0 aliphatic rings. The summed E-state index contributed by atoms with van der Waals surface area (Å²) in [6.07, 6.45) is 0. The second-order valence-electron chi connectivity index (χ2n) is 22.5. The SMILES string of the molecule is CC(C)c1cc(-c2ccccc2)cc(C(C)C)c1-n1c(-c2[c-]cc3c(ccc4ccccc43)c2)nc2ccccc21.CC(C)c1ccc2c(c1)oc1c(-c3nc4ccccc4n3-c3c(C(C)C)cccc3C(C)C)[c-]ccc12.[Ir]. The summed E-state index contributed by atoms with van der Waals surface area (Å²) in [5.41, 5.74) is 19.3. The third-order valence-corrected chi connectivity index (χ3v) is 15.7. The number of para-hydroxylation sites is 5. The standard InChI is InChI=1S/C39H33N2.C34H33N2O.Ir/c1-25(2)34-23-31(27-12-6-5-7-13-27)24-35(26(3)4)38(34)41-37-17-11-10-16-36(37)40-39(41)30-20-21-33-29(22-30)19-18-28-14-8-9-15-32(28)33;1-20(2)23-17-18-26-27-13-10-14-28(33(27)37-31(26)19-23)34-35-29-15-7-8-16-30(29)36(34)32-24(21(3)4)11-9-12-25(32)22(5)6;/h5-19,21-26H,1-4H3;7-13,15-22H,1-6H3;/q2*-1;. The van der Waals surface area contributed by atoms with Crippen LogP contribution in [-0.2, 0) is 20.1 Å². The van der Waals surface area contributed by atoms with Crippen LogP contribution in [0.15, 0.2) is 192 Å². The molecule has 5 nitrogen and oxygen atoms in total. The molecular weight excluding hydrogens is 1140 g/mol. The van der Waals surface area contributed by atoms with Crippen molar-refractivity contribution in [1.82, 2.24) is 19.1 Å². The molecule has 0 aliphatic heterocycles. The molecule has 0 aliphatic carbocycles. The molecule has 0 atom stereocenters. The minimum Gasteiger partial charge on any atom is -0.501 e. The number of hydrogen-bond donors (Lipinski definition) is 0. The summed E-state index contributed by atoms with van der Waals surface area (Å²) in [7, 11) is 0. The van der Waals surface area contributed by atoms with Crippen LogP contribution in [0.25, 0.3) is 111 Å². The Kier molecular flexibility index (Phi) is 14.6. The Morgan fingerprint density at radius 1 is 0.418 bits per heavy atom. The molecule has 3 heterocycles. The van der Waals surface area contributed by atoms with Gasteiger partial charge in [0, 0.05) is 36.9 Å². The van der Waals surface area contributed by atoms with Gasteiger partial charge in [0.05, 0.1) is 39.3 Å². The molecule has 0 spiro atoms. The van der Waals surface area contributed by atoms with Gasteiger partial charge in [0.1, 0.15) is 5.58 Å². The quantitative estimate of drug-likeness (QED) is 0.101. The zero-order valence-electron chi connectivity index (χ0n) is 46.8. The second-order valence-corrected chi connectivity index (χ2v) is 22.5. The number of nitrogens with zero attached hydrogens (tertiary/aromatic N) is 4. The van der Waals surface area contributed by atoms with Gasteiger partial charge in [0.25, 0.3) is 0 Å². The molecule has 79 heavy (non-hydrogen) atoms. The molecule has 395 valence electrons. The molecule has 13 rings (SSSR count). The molecule has 3 aromatic heterocycles. The van der Waals surface area contributed by atoms with Crippen molar-refractivity contribution in [2.45, 2.75) is 98.8 Å². The maximum Gasteiger partial charge on any atom is 0.121 e. The Morgan fingerprint density at radius 2 is 0.987 bits per heavy atom. The van der Waals surface area contributed by atoms with Gasteiger partial charge in [-0.1, -0.05) is 212 Å². The maximum atomic E-state index is 6.59. The van der Waals surface area contributed by atoms with Gasteiger partial charge >= 0.3 is 0 Å². The molecular formula is C73H66IrN4O-2. The van der Waals surface area contributed by atoms with Crippen LogP contribution >= 0.6 is 0 Å². The topological polar surface area (TPSA) is 48.8 Å². The molecule has 1 radical (unpaired) electrons. The Bertz CT molecular complexity index is 4320. The van der Waals surface area contributed by atoms with Crippen LogP contribution < -0.4 is 0 Å². The van der Waals surface area contributed by atoms with Crippen LogP contribution in [0.4, 0.5) is 0 Å². The minimum atomic E-state index is 0. The molecule has 10 aromatic carbocycles. The summed E-state index contributed by atoms with van der Waals surface area (Å²) in [4.78, 5) is 10.4. The van der Waals surface area contributed by atoms with E-state index in [2.05, 4.69) is 272 Å². The molecule has 0 unspecified atom stereocenters. The Balaban J connectivity index is 0.000000166. The van der Waals surface area contributed by atoms with E-state index in [1.807, 2.05) is 6.07 Å². The first-order valence-electron chi connectivity index (χ1n) is 27.9. The average Bonchev–Trinajstić information content (AvgIpc) is 4.40. The molecule has 0 fully saturated rings. The maximum absolute atomic E-state index is 6.59. The summed E-state index contributed by atoms with van der Waals surface area (Å²) >= 11 is 0. The van der Waals surface area contributed by atoms with Crippen molar-refractivity contribution in [2.75, 3.05) is 0 Å². The van der Waals surface area contributed by atoms with E-state index in [4.69, 9.17) is 14.4 Å². The van der Waals surface area contributed by atoms with Gasteiger partial charge in [-0.05, 0) is 116 Å². The van der Waals surface area contributed by atoms with Crippen LogP contribution in [0.5, 0.6) is 0 Å². The van der Waals surface area contributed by atoms with Crippen molar-refractivity contribution in [3.05, 3.63) is 228 Å². The normalized spacial score (nSPS) is 11.9. The van der Waals surface area contributed by atoms with Gasteiger partial charge in [-0.15, -0.1) is 47.3 Å². The Hall–Kier alpha value is -7.89. The third-order valence-electron chi connectivity index (χ3n) is 15.7. The van der Waals surface area contributed by atoms with Crippen LogP contribution in [0.3, 0.4) is 0 Å². The van der Waals surface area contributed by atoms with Crippen LogP contribution in [-0.4, -0.2) is 19.1 Å². The summed E-state index contributed by atoms with van der Waals surface area (Å²) in [6, 6.07) is 74.3. The summed E-state index contributed by atoms with van der Waals surface area (Å²) < 4.78 is 11.3. The fraction of sp³-hybridized carbons (Fsp3) is 0.205. The van der Waals surface area contributed by atoms with E-state index in [0.29, 0.717) is 29.6 Å². The number of hydrogen-bond acceptors (Lipinski definition) is 3. The molecule has 0 bridgehead atoms. The van der Waals surface area contributed by atoms with Crippen LogP contribution in [0.1, 0.15) is 127 Å². The van der Waals surface area contributed by atoms with Crippen LogP contribution in [0, 0.1) is 12.1 Å². The van der Waals surface area contributed by atoms with E-state index in [1.54, 1.807) is 0 Å². The zero-order chi connectivity index (χ0) is 53.9. The van der Waals surface area contributed by atoms with Gasteiger partial charge < -0.3 is 13.6 Å². The van der Waals surface area contributed by atoms with E-state index >= 15 is 0 Å². The first-order valence-corrected chi connectivity index (χ1v) is 27.9. The first-order chi connectivity index (χ1) is 37.8. The largest absolute Gasteiger partial charge is 0.501 e. The van der Waals surface area contributed by atoms with Crippen molar-refractivity contribution in [3.8, 4) is 45.3 Å². The van der Waals surface area contributed by atoms with Gasteiger partial charge in [0.2, 0.25) is 0 Å².